The Labute approximate surface area is 228 Å². The molecule has 0 atom stereocenters. The second kappa shape index (κ2) is 9.20. The van der Waals surface area contributed by atoms with Crippen LogP contribution in [0, 0.1) is 0 Å². The number of hydrogen-bond donors (Lipinski definition) is 4. The Morgan fingerprint density at radius 1 is 0.450 bits per heavy atom. The Kier molecular flexibility index (Phi) is 5.76. The monoisotopic (exact) mass is 538 g/mol. The van der Waals surface area contributed by atoms with E-state index >= 15 is 0 Å². The summed E-state index contributed by atoms with van der Waals surface area (Å²) in [7, 11) is 5.87. The lowest BCUT2D eigenvalue weighted by atomic mass is 9.88. The fraction of sp³-hybridized carbons (Fsp3) is 0.125. The third-order valence-electron chi connectivity index (χ3n) is 7.39. The first-order valence-electron chi connectivity index (χ1n) is 12.4. The van der Waals surface area contributed by atoms with Gasteiger partial charge in [-0.25, -0.2) is 0 Å². The maximum atomic E-state index is 11.7. The minimum Gasteiger partial charge on any atom is -0.508 e. The van der Waals surface area contributed by atoms with Crippen molar-refractivity contribution in [2.45, 2.75) is 0 Å². The van der Waals surface area contributed by atoms with Crippen molar-refractivity contribution in [3.8, 4) is 57.1 Å². The normalized spacial score (nSPS) is 11.4. The molecule has 0 amide bonds. The molecular formula is C32H26O8. The molecule has 40 heavy (non-hydrogen) atoms. The Balaban J connectivity index is 1.84. The molecule has 0 aliphatic carbocycles. The van der Waals surface area contributed by atoms with E-state index < -0.39 is 0 Å². The van der Waals surface area contributed by atoms with Gasteiger partial charge in [0.05, 0.1) is 28.4 Å². The van der Waals surface area contributed by atoms with Gasteiger partial charge in [0.15, 0.2) is 23.0 Å². The molecule has 8 heteroatoms. The molecule has 202 valence electrons. The van der Waals surface area contributed by atoms with E-state index in [2.05, 4.69) is 0 Å². The zero-order chi connectivity index (χ0) is 28.3. The Morgan fingerprint density at radius 3 is 1.75 bits per heavy atom. The highest BCUT2D eigenvalue weighted by Crippen LogP contribution is 2.56. The van der Waals surface area contributed by atoms with E-state index in [1.807, 2.05) is 18.2 Å². The highest BCUT2D eigenvalue weighted by atomic mass is 16.5. The van der Waals surface area contributed by atoms with Crippen molar-refractivity contribution in [3.05, 3.63) is 60.7 Å². The predicted molar refractivity (Wildman–Crippen MR) is 155 cm³/mol. The van der Waals surface area contributed by atoms with Crippen LogP contribution in [0.4, 0.5) is 0 Å². The van der Waals surface area contributed by atoms with E-state index in [0.29, 0.717) is 54.9 Å². The van der Waals surface area contributed by atoms with Crippen molar-refractivity contribution in [1.29, 1.82) is 0 Å². The number of phenolic OH excluding ortho intramolecular Hbond substituents is 4. The highest BCUT2D eigenvalue weighted by molar-refractivity contribution is 6.23. The molecule has 0 fully saturated rings. The summed E-state index contributed by atoms with van der Waals surface area (Å²) < 4.78 is 22.5. The van der Waals surface area contributed by atoms with Crippen LogP contribution in [0.5, 0.6) is 46.0 Å². The van der Waals surface area contributed by atoms with Gasteiger partial charge in [0.1, 0.15) is 11.5 Å². The molecule has 0 heterocycles. The molecule has 4 N–H and O–H groups in total. The predicted octanol–water partition coefficient (Wildman–Crippen LogP) is 6.82. The van der Waals surface area contributed by atoms with Gasteiger partial charge < -0.3 is 39.4 Å². The van der Waals surface area contributed by atoms with Gasteiger partial charge in [0.25, 0.3) is 0 Å². The van der Waals surface area contributed by atoms with Gasteiger partial charge in [-0.15, -0.1) is 0 Å². The molecule has 0 spiro atoms. The molecule has 0 unspecified atom stereocenters. The van der Waals surface area contributed by atoms with Crippen LogP contribution in [0.15, 0.2) is 60.7 Å². The van der Waals surface area contributed by atoms with Gasteiger partial charge in [-0.3, -0.25) is 0 Å². The molecule has 6 rings (SSSR count). The first-order chi connectivity index (χ1) is 19.3. The second-order valence-electron chi connectivity index (χ2n) is 9.36. The summed E-state index contributed by atoms with van der Waals surface area (Å²) in [5, 5.41) is 49.0. The first-order valence-corrected chi connectivity index (χ1v) is 12.4. The summed E-state index contributed by atoms with van der Waals surface area (Å²) in [5.74, 6) is 0.735. The number of aromatic hydroxyl groups is 4. The largest absolute Gasteiger partial charge is 0.508 e. The van der Waals surface area contributed by atoms with E-state index in [1.165, 1.54) is 28.4 Å². The van der Waals surface area contributed by atoms with Crippen LogP contribution in [-0.2, 0) is 0 Å². The SMILES string of the molecule is COc1c(O)cc2ccc3c(-c4c(O)c(OC)c(OC)c5c4ccc4cc(O)ccc45)c(O)ccc3c2c1OC. The average molecular weight is 539 g/mol. The minimum absolute atomic E-state index is 0.0633. The van der Waals surface area contributed by atoms with E-state index in [0.717, 1.165) is 10.8 Å². The smallest absolute Gasteiger partial charge is 0.204 e. The second-order valence-corrected chi connectivity index (χ2v) is 9.36. The molecule has 0 radical (unpaired) electrons. The number of rotatable bonds is 5. The van der Waals surface area contributed by atoms with E-state index in [4.69, 9.17) is 18.9 Å². The van der Waals surface area contributed by atoms with Crippen LogP contribution in [0.3, 0.4) is 0 Å². The van der Waals surface area contributed by atoms with Gasteiger partial charge >= 0.3 is 0 Å². The molecule has 0 saturated carbocycles. The fourth-order valence-corrected chi connectivity index (χ4v) is 5.75. The fourth-order valence-electron chi connectivity index (χ4n) is 5.75. The van der Waals surface area contributed by atoms with Crippen LogP contribution in [0.1, 0.15) is 0 Å². The lowest BCUT2D eigenvalue weighted by Crippen LogP contribution is -1.97. The van der Waals surface area contributed by atoms with Crippen LogP contribution in [0.2, 0.25) is 0 Å². The molecule has 0 aliphatic heterocycles. The van der Waals surface area contributed by atoms with E-state index in [1.54, 1.807) is 42.5 Å². The number of phenols is 4. The van der Waals surface area contributed by atoms with Crippen molar-refractivity contribution in [1.82, 2.24) is 0 Å². The van der Waals surface area contributed by atoms with Crippen molar-refractivity contribution in [2.24, 2.45) is 0 Å². The van der Waals surface area contributed by atoms with Gasteiger partial charge in [0.2, 0.25) is 11.5 Å². The quantitative estimate of drug-likeness (QED) is 0.177. The Bertz CT molecular complexity index is 1990. The standard InChI is InChI=1S/C32H26O8/c1-37-29-23(35)14-16-6-8-20-19(24(16)30(29)38-2)11-12-22(34)26(20)27-21-9-5-15-13-17(33)7-10-18(15)25(21)31(39-3)32(40-4)28(27)36/h5-14,33-36H,1-4H3. The lowest BCUT2D eigenvalue weighted by Gasteiger charge is -2.21. The van der Waals surface area contributed by atoms with Crippen molar-refractivity contribution < 1.29 is 39.4 Å². The number of benzene rings is 6. The van der Waals surface area contributed by atoms with Crippen molar-refractivity contribution >= 4 is 43.1 Å². The summed E-state index contributed by atoms with van der Waals surface area (Å²) in [6.07, 6.45) is 0. The lowest BCUT2D eigenvalue weighted by molar-refractivity contribution is 0.336. The van der Waals surface area contributed by atoms with Crippen molar-refractivity contribution in [2.75, 3.05) is 28.4 Å². The van der Waals surface area contributed by atoms with Gasteiger partial charge in [-0.1, -0.05) is 24.3 Å². The molecule has 0 bridgehead atoms. The Morgan fingerprint density at radius 2 is 1.05 bits per heavy atom. The van der Waals surface area contributed by atoms with Gasteiger partial charge in [0, 0.05) is 21.9 Å². The van der Waals surface area contributed by atoms with Gasteiger partial charge in [-0.2, -0.15) is 0 Å². The third-order valence-corrected chi connectivity index (χ3v) is 7.39. The van der Waals surface area contributed by atoms with Gasteiger partial charge in [-0.05, 0) is 68.7 Å². The first kappa shape index (κ1) is 25.1. The van der Waals surface area contributed by atoms with Crippen LogP contribution >= 0.6 is 0 Å². The summed E-state index contributed by atoms with van der Waals surface area (Å²) in [5.41, 5.74) is 0.713. The van der Waals surface area contributed by atoms with Crippen LogP contribution < -0.4 is 18.9 Å². The van der Waals surface area contributed by atoms with Crippen molar-refractivity contribution in [3.63, 3.8) is 0 Å². The average Bonchev–Trinajstić information content (AvgIpc) is 2.95. The maximum Gasteiger partial charge on any atom is 0.204 e. The van der Waals surface area contributed by atoms with Crippen LogP contribution in [0.25, 0.3) is 54.2 Å². The molecule has 6 aromatic carbocycles. The molecular weight excluding hydrogens is 512 g/mol. The van der Waals surface area contributed by atoms with E-state index in [9.17, 15) is 20.4 Å². The molecule has 0 saturated heterocycles. The zero-order valence-corrected chi connectivity index (χ0v) is 22.2. The highest BCUT2D eigenvalue weighted by Gasteiger charge is 2.27. The van der Waals surface area contributed by atoms with Crippen LogP contribution in [-0.4, -0.2) is 48.9 Å². The summed E-state index contributed by atoms with van der Waals surface area (Å²) in [4.78, 5) is 0. The Hall–Kier alpha value is -5.24. The molecule has 6 aromatic rings. The zero-order valence-electron chi connectivity index (χ0n) is 22.2. The topological polar surface area (TPSA) is 118 Å². The number of fused-ring (bicyclic) bond motifs is 6. The summed E-state index contributed by atoms with van der Waals surface area (Å²) in [6, 6.07) is 17.2. The van der Waals surface area contributed by atoms with E-state index in [-0.39, 0.29) is 34.5 Å². The molecule has 0 aliphatic rings. The molecule has 0 aromatic heterocycles. The number of ether oxygens (including phenoxy) is 4. The number of hydrogen-bond acceptors (Lipinski definition) is 8. The summed E-state index contributed by atoms with van der Waals surface area (Å²) >= 11 is 0. The summed E-state index contributed by atoms with van der Waals surface area (Å²) in [6.45, 7) is 0. The third kappa shape index (κ3) is 3.39. The maximum absolute atomic E-state index is 11.7. The number of methoxy groups -OCH3 is 4. The molecule has 8 nitrogen and oxygen atoms in total. The minimum atomic E-state index is -0.205.